The number of rotatable bonds is 3. The van der Waals surface area contributed by atoms with E-state index in [-0.39, 0.29) is 6.61 Å². The summed E-state index contributed by atoms with van der Waals surface area (Å²) >= 11 is 5.96. The molecule has 0 atom stereocenters. The summed E-state index contributed by atoms with van der Waals surface area (Å²) in [4.78, 5) is 16.8. The quantitative estimate of drug-likeness (QED) is 0.718. The summed E-state index contributed by atoms with van der Waals surface area (Å²) in [6.45, 7) is 3.78. The highest BCUT2D eigenvalue weighted by atomic mass is 35.5. The lowest BCUT2D eigenvalue weighted by Crippen LogP contribution is -2.10. The Hall–Kier alpha value is -2.60. The molecule has 0 fully saturated rings. The minimum Gasteiger partial charge on any atom is -0.462 e. The van der Waals surface area contributed by atoms with Crippen LogP contribution < -0.4 is 5.73 Å². The lowest BCUT2D eigenvalue weighted by Gasteiger charge is -2.13. The lowest BCUT2D eigenvalue weighted by molar-refractivity contribution is 0.0526. The molecule has 2 aromatic heterocycles. The number of nitrogens with one attached hydrogen (secondary N) is 1. The van der Waals surface area contributed by atoms with E-state index in [9.17, 15) is 4.79 Å². The van der Waals surface area contributed by atoms with Crippen molar-refractivity contribution < 1.29 is 9.53 Å². The van der Waals surface area contributed by atoms with E-state index < -0.39 is 5.97 Å². The highest BCUT2D eigenvalue weighted by Crippen LogP contribution is 2.36. The molecule has 0 radical (unpaired) electrons. The number of hydrogen-bond donors (Lipinski definition) is 2. The summed E-state index contributed by atoms with van der Waals surface area (Å²) in [5.41, 5.74) is 8.82. The third-order valence-electron chi connectivity index (χ3n) is 3.52. The molecule has 0 bridgehead atoms. The Labute approximate surface area is 137 Å². The van der Waals surface area contributed by atoms with E-state index in [1.807, 2.05) is 12.1 Å². The summed E-state index contributed by atoms with van der Waals surface area (Å²) < 4.78 is 5.18. The first-order valence-electron chi connectivity index (χ1n) is 7.10. The van der Waals surface area contributed by atoms with Crippen molar-refractivity contribution in [3.8, 4) is 11.1 Å². The van der Waals surface area contributed by atoms with E-state index in [4.69, 9.17) is 22.1 Å². The average molecular weight is 331 g/mol. The largest absolute Gasteiger partial charge is 0.462 e. The van der Waals surface area contributed by atoms with Gasteiger partial charge in [-0.2, -0.15) is 5.10 Å². The number of esters is 1. The van der Waals surface area contributed by atoms with E-state index in [0.717, 1.165) is 5.56 Å². The van der Waals surface area contributed by atoms with Crippen molar-refractivity contribution in [3.05, 3.63) is 40.5 Å². The van der Waals surface area contributed by atoms with Gasteiger partial charge in [-0.15, -0.1) is 0 Å². The van der Waals surface area contributed by atoms with Crippen LogP contribution >= 0.6 is 11.6 Å². The summed E-state index contributed by atoms with van der Waals surface area (Å²) in [6.07, 6.45) is 0. The second kappa shape index (κ2) is 5.89. The van der Waals surface area contributed by atoms with Crippen LogP contribution in [0, 0.1) is 6.92 Å². The van der Waals surface area contributed by atoms with Crippen LogP contribution in [-0.2, 0) is 4.74 Å². The van der Waals surface area contributed by atoms with Crippen molar-refractivity contribution in [2.45, 2.75) is 13.8 Å². The number of aromatic amines is 1. The molecule has 0 saturated carbocycles. The number of hydrogen-bond acceptors (Lipinski definition) is 5. The maximum Gasteiger partial charge on any atom is 0.340 e. The summed E-state index contributed by atoms with van der Waals surface area (Å²) in [5, 5.41) is 8.00. The van der Waals surface area contributed by atoms with Crippen LogP contribution in [0.25, 0.3) is 22.2 Å². The molecule has 0 aliphatic carbocycles. The molecule has 0 aliphatic heterocycles. The molecule has 0 aliphatic rings. The standard InChI is InChI=1S/C16H15ClN4O2/c1-3-23-16(22)11-8(2)19-15-13(14(18)20-21-15)12(11)9-4-6-10(17)7-5-9/h4-7H,3H2,1-2H3,(H3,18,19,20,21). The molecule has 23 heavy (non-hydrogen) atoms. The fourth-order valence-corrected chi connectivity index (χ4v) is 2.68. The molecule has 2 heterocycles. The van der Waals surface area contributed by atoms with Crippen LogP contribution in [0.2, 0.25) is 5.02 Å². The van der Waals surface area contributed by atoms with Crippen molar-refractivity contribution in [1.29, 1.82) is 0 Å². The number of aromatic nitrogens is 3. The van der Waals surface area contributed by atoms with E-state index in [0.29, 0.717) is 38.7 Å². The van der Waals surface area contributed by atoms with Gasteiger partial charge in [-0.3, -0.25) is 5.10 Å². The zero-order valence-corrected chi connectivity index (χ0v) is 13.4. The fourth-order valence-electron chi connectivity index (χ4n) is 2.55. The number of aryl methyl sites for hydroxylation is 1. The molecule has 3 rings (SSSR count). The summed E-state index contributed by atoms with van der Waals surface area (Å²) in [6, 6.07) is 7.16. The molecular formula is C16H15ClN4O2. The SMILES string of the molecule is CCOC(=O)c1c(C)nc2n[nH]c(N)c2c1-c1ccc(Cl)cc1. The van der Waals surface area contributed by atoms with Crippen molar-refractivity contribution in [2.75, 3.05) is 12.3 Å². The van der Waals surface area contributed by atoms with E-state index >= 15 is 0 Å². The Bertz CT molecular complexity index is 887. The second-order valence-electron chi connectivity index (χ2n) is 5.01. The number of carbonyl (C=O) groups is 1. The minimum absolute atomic E-state index is 0.275. The molecular weight excluding hydrogens is 316 g/mol. The van der Waals surface area contributed by atoms with Crippen molar-refractivity contribution in [3.63, 3.8) is 0 Å². The maximum absolute atomic E-state index is 12.4. The molecule has 0 spiro atoms. The van der Waals surface area contributed by atoms with Gasteiger partial charge in [0.15, 0.2) is 5.65 Å². The van der Waals surface area contributed by atoms with E-state index in [1.54, 1.807) is 26.0 Å². The molecule has 118 valence electrons. The van der Waals surface area contributed by atoms with Crippen LogP contribution in [0.15, 0.2) is 24.3 Å². The monoisotopic (exact) mass is 330 g/mol. The van der Waals surface area contributed by atoms with Gasteiger partial charge in [0.25, 0.3) is 0 Å². The number of carbonyl (C=O) groups excluding carboxylic acids is 1. The van der Waals surface area contributed by atoms with E-state index in [2.05, 4.69) is 15.2 Å². The molecule has 0 saturated heterocycles. The number of nitrogen functional groups attached to an aromatic ring is 1. The van der Waals surface area contributed by atoms with Gasteiger partial charge < -0.3 is 10.5 Å². The predicted molar refractivity (Wildman–Crippen MR) is 89.4 cm³/mol. The number of anilines is 1. The topological polar surface area (TPSA) is 93.9 Å². The maximum atomic E-state index is 12.4. The second-order valence-corrected chi connectivity index (χ2v) is 5.45. The van der Waals surface area contributed by atoms with Crippen LogP contribution in [-0.4, -0.2) is 27.8 Å². The van der Waals surface area contributed by atoms with Gasteiger partial charge in [-0.05, 0) is 31.5 Å². The lowest BCUT2D eigenvalue weighted by atomic mass is 9.96. The van der Waals surface area contributed by atoms with Crippen LogP contribution in [0.4, 0.5) is 5.82 Å². The zero-order chi connectivity index (χ0) is 16.6. The Morgan fingerprint density at radius 3 is 2.70 bits per heavy atom. The molecule has 7 heteroatoms. The third-order valence-corrected chi connectivity index (χ3v) is 3.78. The number of benzene rings is 1. The number of H-pyrrole nitrogens is 1. The van der Waals surface area contributed by atoms with Crippen LogP contribution in [0.1, 0.15) is 23.0 Å². The van der Waals surface area contributed by atoms with Gasteiger partial charge in [0.05, 0.1) is 23.3 Å². The van der Waals surface area contributed by atoms with Gasteiger partial charge >= 0.3 is 5.97 Å². The predicted octanol–water partition coefficient (Wildman–Crippen LogP) is 3.35. The normalized spacial score (nSPS) is 10.9. The van der Waals surface area contributed by atoms with Crippen LogP contribution in [0.5, 0.6) is 0 Å². The van der Waals surface area contributed by atoms with Gasteiger partial charge in [-0.1, -0.05) is 23.7 Å². The zero-order valence-electron chi connectivity index (χ0n) is 12.7. The first-order chi connectivity index (χ1) is 11.0. The first kappa shape index (κ1) is 15.3. The Morgan fingerprint density at radius 2 is 2.04 bits per heavy atom. The Morgan fingerprint density at radius 1 is 1.35 bits per heavy atom. The minimum atomic E-state index is -0.440. The number of nitrogens with zero attached hydrogens (tertiary/aromatic N) is 2. The Kier molecular flexibility index (Phi) is 3.92. The number of fused-ring (bicyclic) bond motifs is 1. The molecule has 3 aromatic rings. The summed E-state index contributed by atoms with van der Waals surface area (Å²) in [7, 11) is 0. The van der Waals surface area contributed by atoms with Crippen molar-refractivity contribution in [1.82, 2.24) is 15.2 Å². The molecule has 0 unspecified atom stereocenters. The molecule has 1 aromatic carbocycles. The van der Waals surface area contributed by atoms with Gasteiger partial charge in [0.1, 0.15) is 5.82 Å². The summed E-state index contributed by atoms with van der Waals surface area (Å²) in [5.74, 6) is -0.0899. The third kappa shape index (κ3) is 2.61. The fraction of sp³-hybridized carbons (Fsp3) is 0.188. The van der Waals surface area contributed by atoms with Crippen molar-refractivity contribution >= 4 is 34.4 Å². The van der Waals surface area contributed by atoms with Crippen LogP contribution in [0.3, 0.4) is 0 Å². The van der Waals surface area contributed by atoms with Gasteiger partial charge in [-0.25, -0.2) is 9.78 Å². The van der Waals surface area contributed by atoms with Crippen molar-refractivity contribution in [2.24, 2.45) is 0 Å². The Balaban J connectivity index is 2.38. The van der Waals surface area contributed by atoms with E-state index in [1.165, 1.54) is 0 Å². The van der Waals surface area contributed by atoms with Gasteiger partial charge in [0.2, 0.25) is 0 Å². The number of nitrogens with two attached hydrogens (primary N) is 1. The molecule has 3 N–H and O–H groups in total. The average Bonchev–Trinajstić information content (AvgIpc) is 2.88. The highest BCUT2D eigenvalue weighted by molar-refractivity contribution is 6.30. The number of halogens is 1. The molecule has 0 amide bonds. The first-order valence-corrected chi connectivity index (χ1v) is 7.48. The number of pyridine rings is 1. The van der Waals surface area contributed by atoms with Gasteiger partial charge in [0, 0.05) is 10.6 Å². The molecule has 6 nitrogen and oxygen atoms in total. The highest BCUT2D eigenvalue weighted by Gasteiger charge is 2.24. The smallest absolute Gasteiger partial charge is 0.340 e. The number of ether oxygens (including phenoxy) is 1.